The Bertz CT molecular complexity index is 548. The maximum atomic E-state index is 12.6. The van der Waals surface area contributed by atoms with E-state index < -0.39 is 17.7 Å². The topological polar surface area (TPSA) is 75.7 Å². The van der Waals surface area contributed by atoms with Crippen molar-refractivity contribution in [3.63, 3.8) is 0 Å². The van der Waals surface area contributed by atoms with Gasteiger partial charge < -0.3 is 10.8 Å². The van der Waals surface area contributed by atoms with Crippen molar-refractivity contribution in [2.45, 2.75) is 6.18 Å². The molecule has 0 aliphatic rings. The highest BCUT2D eigenvalue weighted by atomic mass is 19.4. The minimum atomic E-state index is -4.51. The van der Waals surface area contributed by atoms with Gasteiger partial charge in [-0.15, -0.1) is 0 Å². The number of benzene rings is 1. The first-order valence-corrected chi connectivity index (χ1v) is 5.11. The van der Waals surface area contributed by atoms with Gasteiger partial charge in [-0.1, -0.05) is 12.1 Å². The van der Waals surface area contributed by atoms with Crippen LogP contribution in [0.4, 0.5) is 13.2 Å². The van der Waals surface area contributed by atoms with Gasteiger partial charge in [-0.25, -0.2) is 4.79 Å². The highest BCUT2D eigenvalue weighted by molar-refractivity contribution is 6.26. The third-order valence-corrected chi connectivity index (χ3v) is 2.34. The molecule has 0 bridgehead atoms. The normalized spacial score (nSPS) is 13.5. The van der Waals surface area contributed by atoms with Crippen molar-refractivity contribution >= 4 is 11.7 Å². The average molecular weight is 272 g/mol. The molecule has 4 nitrogen and oxygen atoms in total. The Morgan fingerprint density at radius 2 is 2.05 bits per heavy atom. The summed E-state index contributed by atoms with van der Waals surface area (Å²) in [5.41, 5.74) is 3.85. The molecule has 3 N–H and O–H groups in total. The Labute approximate surface area is 107 Å². The summed E-state index contributed by atoms with van der Waals surface area (Å²) in [6.45, 7) is 0. The van der Waals surface area contributed by atoms with Crippen LogP contribution in [0, 0.1) is 0 Å². The van der Waals surface area contributed by atoms with E-state index in [0.717, 1.165) is 18.3 Å². The number of carboxylic acids is 1. The predicted octanol–water partition coefficient (Wildman–Crippen LogP) is 2.05. The second-order valence-electron chi connectivity index (χ2n) is 3.54. The highest BCUT2D eigenvalue weighted by Gasteiger charge is 2.31. The lowest BCUT2D eigenvalue weighted by atomic mass is 10.0. The molecule has 0 aliphatic carbocycles. The summed E-state index contributed by atoms with van der Waals surface area (Å²) in [7, 11) is 1.28. The largest absolute Gasteiger partial charge is 0.478 e. The molecule has 0 atom stereocenters. The van der Waals surface area contributed by atoms with E-state index in [0.29, 0.717) is 0 Å². The molecule has 0 heterocycles. The van der Waals surface area contributed by atoms with Crippen LogP contribution in [0.1, 0.15) is 11.1 Å². The first-order valence-electron chi connectivity index (χ1n) is 5.11. The molecule has 0 radical (unpaired) electrons. The Hall–Kier alpha value is -2.31. The molecule has 1 rings (SSSR count). The van der Waals surface area contributed by atoms with E-state index in [9.17, 15) is 18.0 Å². The molecule has 0 saturated heterocycles. The fraction of sp³-hybridized carbons (Fsp3) is 0.167. The van der Waals surface area contributed by atoms with Crippen LogP contribution >= 0.6 is 0 Å². The zero-order chi connectivity index (χ0) is 14.6. The molecule has 102 valence electrons. The quantitative estimate of drug-likeness (QED) is 0.653. The third-order valence-electron chi connectivity index (χ3n) is 2.34. The first kappa shape index (κ1) is 14.7. The second kappa shape index (κ2) is 5.55. The van der Waals surface area contributed by atoms with Crippen LogP contribution in [0.15, 0.2) is 41.0 Å². The molecule has 0 unspecified atom stereocenters. The summed E-state index contributed by atoms with van der Waals surface area (Å²) < 4.78 is 37.7. The van der Waals surface area contributed by atoms with Crippen LogP contribution in [0.2, 0.25) is 0 Å². The molecule has 7 heteroatoms. The van der Waals surface area contributed by atoms with Gasteiger partial charge in [0.1, 0.15) is 5.57 Å². The Morgan fingerprint density at radius 3 is 2.47 bits per heavy atom. The zero-order valence-corrected chi connectivity index (χ0v) is 9.90. The van der Waals surface area contributed by atoms with Gasteiger partial charge >= 0.3 is 12.1 Å². The number of halogens is 3. The number of rotatable bonds is 3. The van der Waals surface area contributed by atoms with Crippen molar-refractivity contribution in [3.8, 4) is 0 Å². The molecule has 0 spiro atoms. The lowest BCUT2D eigenvalue weighted by Gasteiger charge is -2.10. The molecular weight excluding hydrogens is 261 g/mol. The summed E-state index contributed by atoms with van der Waals surface area (Å²) in [6.07, 6.45) is -3.71. The number of hydrogen-bond donors (Lipinski definition) is 2. The van der Waals surface area contributed by atoms with E-state index in [4.69, 9.17) is 10.8 Å². The summed E-state index contributed by atoms with van der Waals surface area (Å²) in [4.78, 5) is 14.6. The molecule has 0 aliphatic heterocycles. The number of carbonyl (C=O) groups is 1. The molecule has 19 heavy (non-hydrogen) atoms. The lowest BCUT2D eigenvalue weighted by Crippen LogP contribution is -2.16. The monoisotopic (exact) mass is 272 g/mol. The van der Waals surface area contributed by atoms with E-state index in [1.807, 2.05) is 0 Å². The van der Waals surface area contributed by atoms with E-state index in [1.165, 1.54) is 19.2 Å². The number of nitrogens with two attached hydrogens (primary N) is 1. The van der Waals surface area contributed by atoms with Crippen LogP contribution in [0.3, 0.4) is 0 Å². The zero-order valence-electron chi connectivity index (χ0n) is 9.90. The van der Waals surface area contributed by atoms with Gasteiger partial charge in [0, 0.05) is 18.8 Å². The van der Waals surface area contributed by atoms with Crippen molar-refractivity contribution in [3.05, 3.63) is 47.2 Å². The minimum absolute atomic E-state index is 0.0384. The van der Waals surface area contributed by atoms with E-state index in [2.05, 4.69) is 4.99 Å². The molecule has 0 fully saturated rings. The first-order chi connectivity index (χ1) is 8.81. The van der Waals surface area contributed by atoms with Crippen LogP contribution < -0.4 is 5.73 Å². The van der Waals surface area contributed by atoms with Crippen molar-refractivity contribution in [1.82, 2.24) is 0 Å². The van der Waals surface area contributed by atoms with Gasteiger partial charge in [0.05, 0.1) is 11.3 Å². The SMILES string of the molecule is CN=C(C(=CN)C(=O)O)c1cccc(C(F)(F)F)c1. The lowest BCUT2D eigenvalue weighted by molar-refractivity contribution is -0.137. The number of nitrogens with zero attached hydrogens (tertiary/aromatic N) is 1. The summed E-state index contributed by atoms with van der Waals surface area (Å²) in [6, 6.07) is 4.24. The summed E-state index contributed by atoms with van der Waals surface area (Å²) in [5.74, 6) is -1.36. The van der Waals surface area contributed by atoms with Crippen LogP contribution in [0.5, 0.6) is 0 Å². The van der Waals surface area contributed by atoms with Crippen molar-refractivity contribution in [2.24, 2.45) is 10.7 Å². The van der Waals surface area contributed by atoms with Crippen LogP contribution in [-0.2, 0) is 11.0 Å². The Morgan fingerprint density at radius 1 is 1.42 bits per heavy atom. The predicted molar refractivity (Wildman–Crippen MR) is 63.8 cm³/mol. The third kappa shape index (κ3) is 3.34. The van der Waals surface area contributed by atoms with Gasteiger partial charge in [-0.05, 0) is 12.1 Å². The molecule has 1 aromatic carbocycles. The number of hydrogen-bond acceptors (Lipinski definition) is 3. The Balaban J connectivity index is 3.33. The maximum Gasteiger partial charge on any atom is 0.416 e. The smallest absolute Gasteiger partial charge is 0.416 e. The highest BCUT2D eigenvalue weighted by Crippen LogP contribution is 2.30. The molecule has 1 aromatic rings. The fourth-order valence-corrected chi connectivity index (χ4v) is 1.50. The number of aliphatic imine (C=N–C) groups is 1. The maximum absolute atomic E-state index is 12.6. The second-order valence-corrected chi connectivity index (χ2v) is 3.54. The van der Waals surface area contributed by atoms with E-state index >= 15 is 0 Å². The fourth-order valence-electron chi connectivity index (χ4n) is 1.50. The number of alkyl halides is 3. The van der Waals surface area contributed by atoms with Crippen molar-refractivity contribution in [1.29, 1.82) is 0 Å². The minimum Gasteiger partial charge on any atom is -0.478 e. The average Bonchev–Trinajstić information content (AvgIpc) is 2.34. The van der Waals surface area contributed by atoms with E-state index in [1.54, 1.807) is 0 Å². The summed E-state index contributed by atoms with van der Waals surface area (Å²) in [5, 5.41) is 8.91. The van der Waals surface area contributed by atoms with E-state index in [-0.39, 0.29) is 16.8 Å². The van der Waals surface area contributed by atoms with Gasteiger partial charge in [-0.2, -0.15) is 13.2 Å². The van der Waals surface area contributed by atoms with Gasteiger partial charge in [-0.3, -0.25) is 4.99 Å². The van der Waals surface area contributed by atoms with Crippen molar-refractivity contribution < 1.29 is 23.1 Å². The summed E-state index contributed by atoms with van der Waals surface area (Å²) >= 11 is 0. The molecule has 0 saturated carbocycles. The van der Waals surface area contributed by atoms with Gasteiger partial charge in [0.25, 0.3) is 0 Å². The Kier molecular flexibility index (Phi) is 4.31. The standard InChI is InChI=1S/C12H11F3N2O2/c1-17-10(9(6-16)11(18)19)7-3-2-4-8(5-7)12(13,14)15/h2-6H,16H2,1H3,(H,18,19). The van der Waals surface area contributed by atoms with Gasteiger partial charge in [0.15, 0.2) is 0 Å². The van der Waals surface area contributed by atoms with Crippen LogP contribution in [-0.4, -0.2) is 23.8 Å². The van der Waals surface area contributed by atoms with Crippen molar-refractivity contribution in [2.75, 3.05) is 7.05 Å². The molecular formula is C12H11F3N2O2. The molecule has 0 aromatic heterocycles. The number of aliphatic carboxylic acids is 1. The number of carboxylic acid groups (broad SMARTS) is 1. The van der Waals surface area contributed by atoms with Crippen LogP contribution in [0.25, 0.3) is 0 Å². The van der Waals surface area contributed by atoms with Gasteiger partial charge in [0.2, 0.25) is 0 Å². The molecule has 0 amide bonds.